The number of aromatic nitrogens is 3. The normalized spacial score (nSPS) is 11.8. The van der Waals surface area contributed by atoms with Crippen LogP contribution in [0.4, 0.5) is 13.2 Å². The van der Waals surface area contributed by atoms with Gasteiger partial charge in [-0.25, -0.2) is 4.68 Å². The summed E-state index contributed by atoms with van der Waals surface area (Å²) in [6, 6.07) is 16.5. The highest BCUT2D eigenvalue weighted by Gasteiger charge is 2.30. The van der Waals surface area contributed by atoms with Crippen LogP contribution in [0.15, 0.2) is 60.7 Å². The van der Waals surface area contributed by atoms with Gasteiger partial charge >= 0.3 is 6.18 Å². The predicted molar refractivity (Wildman–Crippen MR) is 104 cm³/mol. The highest BCUT2D eigenvalue weighted by atomic mass is 19.4. The summed E-state index contributed by atoms with van der Waals surface area (Å²) in [5.74, 6) is 0.337. The molecule has 0 amide bonds. The molecule has 0 spiro atoms. The van der Waals surface area contributed by atoms with Gasteiger partial charge in [-0.2, -0.15) is 23.3 Å². The molecule has 4 nitrogen and oxygen atoms in total. The molecule has 2 aromatic heterocycles. The van der Waals surface area contributed by atoms with Crippen molar-refractivity contribution in [1.29, 1.82) is 0 Å². The Morgan fingerprint density at radius 3 is 2.45 bits per heavy atom. The summed E-state index contributed by atoms with van der Waals surface area (Å²) in [6.45, 7) is 3.84. The van der Waals surface area contributed by atoms with Gasteiger partial charge in [-0.3, -0.25) is 0 Å². The van der Waals surface area contributed by atoms with Gasteiger partial charge in [-0.15, -0.1) is 0 Å². The van der Waals surface area contributed by atoms with Crippen molar-refractivity contribution in [3.8, 4) is 11.6 Å². The van der Waals surface area contributed by atoms with Crippen molar-refractivity contribution in [2.24, 2.45) is 0 Å². The van der Waals surface area contributed by atoms with Crippen LogP contribution in [0.25, 0.3) is 16.7 Å². The summed E-state index contributed by atoms with van der Waals surface area (Å²) in [6.07, 6.45) is -4.39. The SMILES string of the molecule is Cc1cc(OCc2cccc(C(F)(F)F)c2)nc2c1c(C)nn2-c1ccccc1. The van der Waals surface area contributed by atoms with Crippen LogP contribution in [0, 0.1) is 13.8 Å². The number of hydrogen-bond donors (Lipinski definition) is 0. The molecular formula is C22H18F3N3O. The molecule has 4 aromatic rings. The molecule has 148 valence electrons. The van der Waals surface area contributed by atoms with E-state index in [1.807, 2.05) is 44.2 Å². The Morgan fingerprint density at radius 2 is 1.72 bits per heavy atom. The Morgan fingerprint density at radius 1 is 0.966 bits per heavy atom. The van der Waals surface area contributed by atoms with E-state index >= 15 is 0 Å². The smallest absolute Gasteiger partial charge is 0.416 e. The molecule has 0 aliphatic heterocycles. The number of fused-ring (bicyclic) bond motifs is 1. The van der Waals surface area contributed by atoms with Crippen molar-refractivity contribution in [2.45, 2.75) is 26.6 Å². The van der Waals surface area contributed by atoms with E-state index in [0.717, 1.165) is 34.5 Å². The second-order valence-corrected chi connectivity index (χ2v) is 6.80. The summed E-state index contributed by atoms with van der Waals surface area (Å²) in [7, 11) is 0. The number of pyridine rings is 1. The number of hydrogen-bond acceptors (Lipinski definition) is 3. The van der Waals surface area contributed by atoms with Gasteiger partial charge in [0.05, 0.1) is 16.9 Å². The van der Waals surface area contributed by atoms with Crippen molar-refractivity contribution in [3.63, 3.8) is 0 Å². The van der Waals surface area contributed by atoms with Gasteiger partial charge in [0.25, 0.3) is 0 Å². The highest BCUT2D eigenvalue weighted by molar-refractivity contribution is 5.83. The molecule has 0 radical (unpaired) electrons. The van der Waals surface area contributed by atoms with Crippen LogP contribution in [-0.4, -0.2) is 14.8 Å². The first-order valence-corrected chi connectivity index (χ1v) is 9.04. The Balaban J connectivity index is 1.67. The van der Waals surface area contributed by atoms with Crippen LogP contribution in [0.5, 0.6) is 5.88 Å². The molecule has 0 aliphatic rings. The number of alkyl halides is 3. The second-order valence-electron chi connectivity index (χ2n) is 6.80. The second kappa shape index (κ2) is 7.24. The lowest BCUT2D eigenvalue weighted by molar-refractivity contribution is -0.137. The van der Waals surface area contributed by atoms with Gasteiger partial charge in [0.2, 0.25) is 5.88 Å². The first-order chi connectivity index (χ1) is 13.8. The fourth-order valence-electron chi connectivity index (χ4n) is 3.29. The summed E-state index contributed by atoms with van der Waals surface area (Å²) in [5, 5.41) is 5.52. The van der Waals surface area contributed by atoms with E-state index in [-0.39, 0.29) is 6.61 Å². The molecule has 0 aliphatic carbocycles. The molecule has 0 bridgehead atoms. The molecule has 2 aromatic carbocycles. The first kappa shape index (κ1) is 19.0. The number of rotatable bonds is 4. The maximum Gasteiger partial charge on any atom is 0.416 e. The lowest BCUT2D eigenvalue weighted by Crippen LogP contribution is -2.06. The Labute approximate surface area is 165 Å². The standard InChI is InChI=1S/C22H18F3N3O/c1-14-11-19(29-13-16-7-6-8-17(12-16)22(23,24)25)26-21-20(14)15(2)27-28(21)18-9-4-3-5-10-18/h3-12H,13H2,1-2H3. The molecule has 0 fully saturated rings. The van der Waals surface area contributed by atoms with Crippen molar-refractivity contribution in [3.05, 3.63) is 83.0 Å². The molecule has 0 atom stereocenters. The average molecular weight is 397 g/mol. The number of para-hydroxylation sites is 1. The van der Waals surface area contributed by atoms with E-state index in [0.29, 0.717) is 17.1 Å². The largest absolute Gasteiger partial charge is 0.473 e. The van der Waals surface area contributed by atoms with E-state index in [1.165, 1.54) is 6.07 Å². The van der Waals surface area contributed by atoms with Crippen LogP contribution in [0.1, 0.15) is 22.4 Å². The van der Waals surface area contributed by atoms with Crippen LogP contribution in [0.3, 0.4) is 0 Å². The summed E-state index contributed by atoms with van der Waals surface area (Å²) < 4.78 is 46.2. The van der Waals surface area contributed by atoms with Crippen molar-refractivity contribution < 1.29 is 17.9 Å². The zero-order valence-electron chi connectivity index (χ0n) is 15.9. The van der Waals surface area contributed by atoms with Gasteiger partial charge in [0, 0.05) is 11.5 Å². The molecule has 0 saturated heterocycles. The molecule has 0 saturated carbocycles. The minimum absolute atomic E-state index is 0.0136. The third-order valence-electron chi connectivity index (χ3n) is 4.63. The van der Waals surface area contributed by atoms with Gasteiger partial charge in [-0.1, -0.05) is 30.3 Å². The molecule has 7 heteroatoms. The van der Waals surface area contributed by atoms with Gasteiger partial charge in [0.15, 0.2) is 5.65 Å². The summed E-state index contributed by atoms with van der Waals surface area (Å²) in [5.41, 5.74) is 3.02. The van der Waals surface area contributed by atoms with Crippen molar-refractivity contribution >= 4 is 11.0 Å². The molecular weight excluding hydrogens is 379 g/mol. The molecule has 4 rings (SSSR count). The predicted octanol–water partition coefficient (Wildman–Crippen LogP) is 5.64. The van der Waals surface area contributed by atoms with E-state index in [4.69, 9.17) is 4.74 Å². The lowest BCUT2D eigenvalue weighted by atomic mass is 10.1. The summed E-state index contributed by atoms with van der Waals surface area (Å²) in [4.78, 5) is 4.58. The Bertz CT molecular complexity index is 1170. The minimum Gasteiger partial charge on any atom is -0.473 e. The zero-order chi connectivity index (χ0) is 20.6. The van der Waals surface area contributed by atoms with Gasteiger partial charge in [0.1, 0.15) is 6.61 Å². The van der Waals surface area contributed by atoms with Crippen LogP contribution in [0.2, 0.25) is 0 Å². The minimum atomic E-state index is -4.39. The summed E-state index contributed by atoms with van der Waals surface area (Å²) >= 11 is 0. The maximum atomic E-state index is 12.9. The third-order valence-corrected chi connectivity index (χ3v) is 4.63. The van der Waals surface area contributed by atoms with Gasteiger partial charge in [-0.05, 0) is 49.2 Å². The Hall–Kier alpha value is -3.35. The topological polar surface area (TPSA) is 39.9 Å². The lowest BCUT2D eigenvalue weighted by Gasteiger charge is -2.11. The quantitative estimate of drug-likeness (QED) is 0.448. The molecule has 0 unspecified atom stereocenters. The molecule has 2 heterocycles. The van der Waals surface area contributed by atoms with E-state index < -0.39 is 11.7 Å². The number of aryl methyl sites for hydroxylation is 2. The van der Waals surface area contributed by atoms with E-state index in [9.17, 15) is 13.2 Å². The Kier molecular flexibility index (Phi) is 4.74. The zero-order valence-corrected chi connectivity index (χ0v) is 15.9. The number of halogens is 3. The van der Waals surface area contributed by atoms with Crippen LogP contribution in [-0.2, 0) is 12.8 Å². The van der Waals surface area contributed by atoms with Crippen LogP contribution >= 0.6 is 0 Å². The monoisotopic (exact) mass is 397 g/mol. The van der Waals surface area contributed by atoms with Crippen molar-refractivity contribution in [2.75, 3.05) is 0 Å². The highest BCUT2D eigenvalue weighted by Crippen LogP contribution is 2.30. The fraction of sp³-hybridized carbons (Fsp3) is 0.182. The maximum absolute atomic E-state index is 12.9. The molecule has 29 heavy (non-hydrogen) atoms. The number of benzene rings is 2. The average Bonchev–Trinajstić information content (AvgIpc) is 3.04. The fourth-order valence-corrected chi connectivity index (χ4v) is 3.29. The van der Waals surface area contributed by atoms with E-state index in [1.54, 1.807) is 16.8 Å². The number of nitrogens with zero attached hydrogens (tertiary/aromatic N) is 3. The first-order valence-electron chi connectivity index (χ1n) is 9.04. The van der Waals surface area contributed by atoms with E-state index in [2.05, 4.69) is 10.1 Å². The number of ether oxygens (including phenoxy) is 1. The van der Waals surface area contributed by atoms with Crippen LogP contribution < -0.4 is 4.74 Å². The van der Waals surface area contributed by atoms with Crippen molar-refractivity contribution in [1.82, 2.24) is 14.8 Å². The third kappa shape index (κ3) is 3.81. The molecule has 0 N–H and O–H groups in total. The van der Waals surface area contributed by atoms with Gasteiger partial charge < -0.3 is 4.74 Å².